The summed E-state index contributed by atoms with van der Waals surface area (Å²) < 4.78 is 7.51. The van der Waals surface area contributed by atoms with Crippen LogP contribution in [0.5, 0.6) is 5.75 Å². The summed E-state index contributed by atoms with van der Waals surface area (Å²) in [5, 5.41) is 3.72. The van der Waals surface area contributed by atoms with Gasteiger partial charge in [0.1, 0.15) is 16.4 Å². The first-order valence-corrected chi connectivity index (χ1v) is 12.7. The number of ether oxygens (including phenoxy) is 1. The van der Waals surface area contributed by atoms with Gasteiger partial charge in [-0.05, 0) is 76.6 Å². The summed E-state index contributed by atoms with van der Waals surface area (Å²) in [5.74, 6) is 1.61. The third-order valence-electron chi connectivity index (χ3n) is 6.16. The SMILES string of the molecule is Cc1c(C(=O)NC(C)CCc2ccc(OC(C)C)cc2)sc2nc3n(c(=O)c12)CCCCC3. The first kappa shape index (κ1) is 23.5. The van der Waals surface area contributed by atoms with Crippen LogP contribution in [-0.2, 0) is 19.4 Å². The van der Waals surface area contributed by atoms with Crippen molar-refractivity contribution >= 4 is 27.5 Å². The third-order valence-corrected chi connectivity index (χ3v) is 7.34. The van der Waals surface area contributed by atoms with Crippen LogP contribution < -0.4 is 15.6 Å². The van der Waals surface area contributed by atoms with Gasteiger partial charge in [0, 0.05) is 19.0 Å². The number of thiophene rings is 1. The summed E-state index contributed by atoms with van der Waals surface area (Å²) in [6.45, 7) is 8.63. The lowest BCUT2D eigenvalue weighted by Gasteiger charge is -2.14. The van der Waals surface area contributed by atoms with Gasteiger partial charge in [-0.1, -0.05) is 18.6 Å². The smallest absolute Gasteiger partial charge is 0.262 e. The number of hydrogen-bond acceptors (Lipinski definition) is 5. The minimum absolute atomic E-state index is 0.00245. The Labute approximate surface area is 199 Å². The number of carbonyl (C=O) groups excluding carboxylic acids is 1. The Morgan fingerprint density at radius 3 is 2.67 bits per heavy atom. The highest BCUT2D eigenvalue weighted by molar-refractivity contribution is 7.20. The molecule has 0 saturated heterocycles. The molecule has 6 nitrogen and oxygen atoms in total. The Hall–Kier alpha value is -2.67. The lowest BCUT2D eigenvalue weighted by Crippen LogP contribution is -2.32. The summed E-state index contributed by atoms with van der Waals surface area (Å²) in [4.78, 5) is 32.2. The number of aromatic nitrogens is 2. The molecule has 1 aromatic carbocycles. The van der Waals surface area contributed by atoms with E-state index in [2.05, 4.69) is 17.4 Å². The van der Waals surface area contributed by atoms with Gasteiger partial charge in [0.05, 0.1) is 16.4 Å². The number of hydrogen-bond donors (Lipinski definition) is 1. The molecule has 3 aromatic rings. The van der Waals surface area contributed by atoms with E-state index in [1.165, 1.54) is 16.9 Å². The fourth-order valence-corrected chi connectivity index (χ4v) is 5.47. The van der Waals surface area contributed by atoms with E-state index in [9.17, 15) is 9.59 Å². The summed E-state index contributed by atoms with van der Waals surface area (Å²) in [6, 6.07) is 8.15. The molecule has 2 aromatic heterocycles. The molecule has 0 aliphatic carbocycles. The summed E-state index contributed by atoms with van der Waals surface area (Å²) in [5.41, 5.74) is 1.96. The number of fused-ring (bicyclic) bond motifs is 2. The zero-order valence-electron chi connectivity index (χ0n) is 19.9. The fraction of sp³-hybridized carbons (Fsp3) is 0.500. The van der Waals surface area contributed by atoms with E-state index >= 15 is 0 Å². The Morgan fingerprint density at radius 2 is 1.94 bits per heavy atom. The van der Waals surface area contributed by atoms with Gasteiger partial charge in [-0.2, -0.15) is 0 Å². The largest absolute Gasteiger partial charge is 0.491 e. The van der Waals surface area contributed by atoms with Gasteiger partial charge < -0.3 is 10.1 Å². The molecular weight excluding hydrogens is 434 g/mol. The second kappa shape index (κ2) is 10.1. The van der Waals surface area contributed by atoms with E-state index in [1.54, 1.807) is 0 Å². The molecular formula is C26H33N3O3S. The van der Waals surface area contributed by atoms with E-state index in [0.717, 1.165) is 62.2 Å². The number of amides is 1. The molecule has 1 aliphatic heterocycles. The number of nitrogens with one attached hydrogen (secondary N) is 1. The highest BCUT2D eigenvalue weighted by Gasteiger charge is 2.23. The van der Waals surface area contributed by atoms with E-state index in [-0.39, 0.29) is 23.6 Å². The van der Waals surface area contributed by atoms with Crippen molar-refractivity contribution in [1.29, 1.82) is 0 Å². The summed E-state index contributed by atoms with van der Waals surface area (Å²) in [7, 11) is 0. The van der Waals surface area contributed by atoms with Gasteiger partial charge >= 0.3 is 0 Å². The molecule has 0 radical (unpaired) electrons. The van der Waals surface area contributed by atoms with Crippen molar-refractivity contribution in [2.24, 2.45) is 0 Å². The van der Waals surface area contributed by atoms with Crippen LogP contribution in [0.25, 0.3) is 10.2 Å². The third kappa shape index (κ3) is 5.29. The van der Waals surface area contributed by atoms with Crippen molar-refractivity contribution in [3.8, 4) is 5.75 Å². The molecule has 7 heteroatoms. The van der Waals surface area contributed by atoms with Gasteiger partial charge in [0.15, 0.2) is 0 Å². The highest BCUT2D eigenvalue weighted by Crippen LogP contribution is 2.28. The molecule has 1 aliphatic rings. The maximum absolute atomic E-state index is 13.1. The van der Waals surface area contributed by atoms with Crippen LogP contribution in [0.15, 0.2) is 29.1 Å². The molecule has 1 unspecified atom stereocenters. The van der Waals surface area contributed by atoms with Gasteiger partial charge in [-0.15, -0.1) is 11.3 Å². The molecule has 0 spiro atoms. The van der Waals surface area contributed by atoms with E-state index in [0.29, 0.717) is 15.1 Å². The van der Waals surface area contributed by atoms with Crippen LogP contribution in [0, 0.1) is 6.92 Å². The Kier molecular flexibility index (Phi) is 7.17. The van der Waals surface area contributed by atoms with Crippen molar-refractivity contribution in [3.05, 3.63) is 56.4 Å². The standard InChI is InChI=1S/C26H33N3O3S/c1-16(2)32-20-13-11-19(12-14-20)10-9-17(3)27-24(30)23-18(4)22-25(33-23)28-21-8-6-5-7-15-29(21)26(22)31/h11-14,16-17H,5-10,15H2,1-4H3,(H,27,30). The Morgan fingerprint density at radius 1 is 1.18 bits per heavy atom. The fourth-order valence-electron chi connectivity index (χ4n) is 4.38. The zero-order chi connectivity index (χ0) is 23.5. The predicted molar refractivity (Wildman–Crippen MR) is 134 cm³/mol. The van der Waals surface area contributed by atoms with Crippen LogP contribution in [0.2, 0.25) is 0 Å². The first-order valence-electron chi connectivity index (χ1n) is 11.9. The Balaban J connectivity index is 1.43. The summed E-state index contributed by atoms with van der Waals surface area (Å²) >= 11 is 1.34. The van der Waals surface area contributed by atoms with Crippen LogP contribution in [0.3, 0.4) is 0 Å². The monoisotopic (exact) mass is 467 g/mol. The van der Waals surface area contributed by atoms with E-state index in [4.69, 9.17) is 9.72 Å². The van der Waals surface area contributed by atoms with Crippen LogP contribution in [0.1, 0.15) is 73.1 Å². The topological polar surface area (TPSA) is 73.2 Å². The molecule has 4 rings (SSSR count). The molecule has 1 amide bonds. The van der Waals surface area contributed by atoms with E-state index < -0.39 is 0 Å². The number of nitrogens with zero attached hydrogens (tertiary/aromatic N) is 2. The number of benzene rings is 1. The number of aryl methyl sites for hydroxylation is 3. The van der Waals surface area contributed by atoms with Crippen molar-refractivity contribution in [2.45, 2.75) is 84.9 Å². The van der Waals surface area contributed by atoms with Gasteiger partial charge in [0.2, 0.25) is 0 Å². The van der Waals surface area contributed by atoms with Gasteiger partial charge in [-0.3, -0.25) is 14.2 Å². The summed E-state index contributed by atoms with van der Waals surface area (Å²) in [6.07, 6.45) is 5.86. The second-order valence-corrected chi connectivity index (χ2v) is 10.3. The maximum atomic E-state index is 13.1. The lowest BCUT2D eigenvalue weighted by atomic mass is 10.1. The number of rotatable bonds is 7. The average molecular weight is 468 g/mol. The van der Waals surface area contributed by atoms with Crippen molar-refractivity contribution < 1.29 is 9.53 Å². The molecule has 0 saturated carbocycles. The van der Waals surface area contributed by atoms with Crippen LogP contribution >= 0.6 is 11.3 Å². The predicted octanol–water partition coefficient (Wildman–Crippen LogP) is 5.03. The molecule has 176 valence electrons. The average Bonchev–Trinajstić information content (AvgIpc) is 2.94. The normalized spacial score (nSPS) is 14.7. The quantitative estimate of drug-likeness (QED) is 0.529. The first-order chi connectivity index (χ1) is 15.8. The molecule has 1 N–H and O–H groups in total. The molecule has 0 fully saturated rings. The number of carbonyl (C=O) groups is 1. The van der Waals surface area contributed by atoms with Crippen molar-refractivity contribution in [2.75, 3.05) is 0 Å². The van der Waals surface area contributed by atoms with Crippen LogP contribution in [-0.4, -0.2) is 27.6 Å². The van der Waals surface area contributed by atoms with Crippen molar-refractivity contribution in [1.82, 2.24) is 14.9 Å². The maximum Gasteiger partial charge on any atom is 0.262 e. The second-order valence-electron chi connectivity index (χ2n) is 9.26. The van der Waals surface area contributed by atoms with E-state index in [1.807, 2.05) is 44.4 Å². The lowest BCUT2D eigenvalue weighted by molar-refractivity contribution is 0.0942. The molecule has 3 heterocycles. The highest BCUT2D eigenvalue weighted by atomic mass is 32.1. The molecule has 0 bridgehead atoms. The Bertz CT molecular complexity index is 1190. The molecule has 1 atom stereocenters. The van der Waals surface area contributed by atoms with Crippen LogP contribution in [0.4, 0.5) is 0 Å². The molecule has 33 heavy (non-hydrogen) atoms. The minimum Gasteiger partial charge on any atom is -0.491 e. The minimum atomic E-state index is -0.122. The van der Waals surface area contributed by atoms with Gasteiger partial charge in [0.25, 0.3) is 11.5 Å². The van der Waals surface area contributed by atoms with Gasteiger partial charge in [-0.25, -0.2) is 4.98 Å². The van der Waals surface area contributed by atoms with Crippen molar-refractivity contribution in [3.63, 3.8) is 0 Å². The zero-order valence-corrected chi connectivity index (χ0v) is 20.8.